The summed E-state index contributed by atoms with van der Waals surface area (Å²) < 4.78 is 4.63. The Bertz CT molecular complexity index is 389. The monoisotopic (exact) mass is 297 g/mol. The fourth-order valence-corrected chi connectivity index (χ4v) is 2.57. The summed E-state index contributed by atoms with van der Waals surface area (Å²) >= 11 is 0. The van der Waals surface area contributed by atoms with Crippen LogP contribution >= 0.6 is 0 Å². The molecule has 0 saturated carbocycles. The number of hydrogen-bond donors (Lipinski definition) is 1. The Morgan fingerprint density at radius 3 is 2.38 bits per heavy atom. The molecule has 1 saturated heterocycles. The van der Waals surface area contributed by atoms with E-state index >= 15 is 0 Å². The second-order valence-electron chi connectivity index (χ2n) is 6.89. The Labute approximate surface area is 129 Å². The van der Waals surface area contributed by atoms with E-state index in [0.29, 0.717) is 11.8 Å². The lowest BCUT2D eigenvalue weighted by atomic mass is 9.65. The predicted molar refractivity (Wildman–Crippen MR) is 86.4 cm³/mol. The maximum absolute atomic E-state index is 11.0. The minimum atomic E-state index is -0.122. The molecule has 1 aliphatic rings. The van der Waals surface area contributed by atoms with Crippen LogP contribution < -0.4 is 5.32 Å². The van der Waals surface area contributed by atoms with Crippen LogP contribution in [0.5, 0.6) is 0 Å². The zero-order chi connectivity index (χ0) is 16.1. The summed E-state index contributed by atoms with van der Waals surface area (Å²) in [6.07, 6.45) is 3.45. The van der Waals surface area contributed by atoms with Gasteiger partial charge >= 0.3 is 5.97 Å². The Kier molecular flexibility index (Phi) is 6.05. The largest absolute Gasteiger partial charge is 0.469 e. The summed E-state index contributed by atoms with van der Waals surface area (Å²) in [5.41, 5.74) is 0.435. The Morgan fingerprint density at radius 2 is 1.90 bits per heavy atom. The van der Waals surface area contributed by atoms with Gasteiger partial charge in [0.1, 0.15) is 0 Å². The Balaban J connectivity index is 2.27. The number of nitrogens with zero attached hydrogens (tertiary/aromatic N) is 2. The van der Waals surface area contributed by atoms with E-state index in [4.69, 9.17) is 0 Å². The van der Waals surface area contributed by atoms with E-state index in [1.54, 1.807) is 0 Å². The molecule has 5 heteroatoms. The number of methoxy groups -OCH3 is 1. The SMILES string of the molecule is CN=C(NCCCCCC(=O)OC)N1CC(C)(C)C1(C)C. The van der Waals surface area contributed by atoms with Crippen molar-refractivity contribution in [2.24, 2.45) is 10.4 Å². The molecule has 1 heterocycles. The van der Waals surface area contributed by atoms with Gasteiger partial charge in [-0.3, -0.25) is 9.79 Å². The number of rotatable bonds is 6. The molecule has 0 radical (unpaired) electrons. The Morgan fingerprint density at radius 1 is 1.24 bits per heavy atom. The van der Waals surface area contributed by atoms with Crippen LogP contribution in [0.25, 0.3) is 0 Å². The van der Waals surface area contributed by atoms with E-state index < -0.39 is 0 Å². The predicted octanol–water partition coefficient (Wildman–Crippen LogP) is 2.42. The van der Waals surface area contributed by atoms with Gasteiger partial charge in [-0.15, -0.1) is 0 Å². The van der Waals surface area contributed by atoms with E-state index in [9.17, 15) is 4.79 Å². The third-order valence-corrected chi connectivity index (χ3v) is 4.92. The van der Waals surface area contributed by atoms with Gasteiger partial charge in [0.15, 0.2) is 5.96 Å². The van der Waals surface area contributed by atoms with Crippen LogP contribution in [0.1, 0.15) is 53.4 Å². The van der Waals surface area contributed by atoms with Crippen LogP contribution in [-0.4, -0.2) is 49.6 Å². The van der Waals surface area contributed by atoms with Crippen molar-refractivity contribution >= 4 is 11.9 Å². The number of unbranched alkanes of at least 4 members (excludes halogenated alkanes) is 2. The number of guanidine groups is 1. The first-order valence-electron chi connectivity index (χ1n) is 7.81. The highest BCUT2D eigenvalue weighted by molar-refractivity contribution is 5.81. The zero-order valence-corrected chi connectivity index (χ0v) is 14.5. The highest BCUT2D eigenvalue weighted by Gasteiger charge is 2.53. The maximum atomic E-state index is 11.0. The van der Waals surface area contributed by atoms with E-state index in [2.05, 4.69) is 47.6 Å². The average molecular weight is 297 g/mol. The molecule has 0 aliphatic carbocycles. The highest BCUT2D eigenvalue weighted by atomic mass is 16.5. The number of ether oxygens (including phenoxy) is 1. The quantitative estimate of drug-likeness (QED) is 0.354. The standard InChI is InChI=1S/C16H31N3O2/c1-15(2)12-19(16(15,3)4)14(17-5)18-11-9-7-8-10-13(20)21-6/h7-12H2,1-6H3,(H,17,18). The van der Waals surface area contributed by atoms with Crippen LogP contribution in [0.2, 0.25) is 0 Å². The van der Waals surface area contributed by atoms with E-state index in [1.165, 1.54) is 7.11 Å². The molecular formula is C16H31N3O2. The second-order valence-corrected chi connectivity index (χ2v) is 6.89. The van der Waals surface area contributed by atoms with Gasteiger partial charge in [0.05, 0.1) is 7.11 Å². The van der Waals surface area contributed by atoms with Crippen molar-refractivity contribution in [3.63, 3.8) is 0 Å². The first-order valence-corrected chi connectivity index (χ1v) is 7.81. The minimum Gasteiger partial charge on any atom is -0.469 e. The first-order chi connectivity index (χ1) is 9.76. The molecule has 0 aromatic heterocycles. The van der Waals surface area contributed by atoms with Crippen LogP contribution in [0.4, 0.5) is 0 Å². The minimum absolute atomic E-state index is 0.122. The second kappa shape index (κ2) is 7.14. The number of hydrogen-bond acceptors (Lipinski definition) is 3. The lowest BCUT2D eigenvalue weighted by Crippen LogP contribution is -2.72. The van der Waals surface area contributed by atoms with Crippen LogP contribution in [0.3, 0.4) is 0 Å². The maximum Gasteiger partial charge on any atom is 0.305 e. The molecular weight excluding hydrogens is 266 g/mol. The average Bonchev–Trinajstić information content (AvgIpc) is 2.44. The fourth-order valence-electron chi connectivity index (χ4n) is 2.57. The lowest BCUT2D eigenvalue weighted by Gasteiger charge is -2.62. The molecule has 0 aromatic carbocycles. The van der Waals surface area contributed by atoms with E-state index in [-0.39, 0.29) is 11.5 Å². The summed E-state index contributed by atoms with van der Waals surface area (Å²) in [6.45, 7) is 11.0. The van der Waals surface area contributed by atoms with Crippen LogP contribution in [0, 0.1) is 5.41 Å². The molecule has 0 unspecified atom stereocenters. The molecule has 0 spiro atoms. The number of carbonyl (C=O) groups excluding carboxylic acids is 1. The van der Waals surface area contributed by atoms with Gasteiger partial charge in [0, 0.05) is 37.5 Å². The van der Waals surface area contributed by atoms with Gasteiger partial charge in [-0.1, -0.05) is 20.3 Å². The van der Waals surface area contributed by atoms with Crippen molar-refractivity contribution in [2.45, 2.75) is 58.9 Å². The summed E-state index contributed by atoms with van der Waals surface area (Å²) in [7, 11) is 3.27. The summed E-state index contributed by atoms with van der Waals surface area (Å²) in [6, 6.07) is 0. The smallest absolute Gasteiger partial charge is 0.305 e. The number of aliphatic imine (C=N–C) groups is 1. The van der Waals surface area contributed by atoms with Gasteiger partial charge in [-0.2, -0.15) is 0 Å². The van der Waals surface area contributed by atoms with E-state index in [0.717, 1.165) is 38.3 Å². The van der Waals surface area contributed by atoms with Gasteiger partial charge in [-0.25, -0.2) is 0 Å². The van der Waals surface area contributed by atoms with Crippen molar-refractivity contribution in [1.29, 1.82) is 0 Å². The lowest BCUT2D eigenvalue weighted by molar-refractivity contribution is -0.140. The molecule has 1 rings (SSSR count). The van der Waals surface area contributed by atoms with Gasteiger partial charge in [-0.05, 0) is 26.7 Å². The topological polar surface area (TPSA) is 53.9 Å². The number of carbonyl (C=O) groups is 1. The summed E-state index contributed by atoms with van der Waals surface area (Å²) in [5.74, 6) is 0.857. The third-order valence-electron chi connectivity index (χ3n) is 4.92. The molecule has 1 aliphatic heterocycles. The molecule has 0 amide bonds. The number of likely N-dealkylation sites (tertiary alicyclic amines) is 1. The van der Waals surface area contributed by atoms with Crippen molar-refractivity contribution in [3.8, 4) is 0 Å². The van der Waals surface area contributed by atoms with Crippen molar-refractivity contribution in [2.75, 3.05) is 27.2 Å². The fraction of sp³-hybridized carbons (Fsp3) is 0.875. The van der Waals surface area contributed by atoms with Crippen molar-refractivity contribution in [1.82, 2.24) is 10.2 Å². The van der Waals surface area contributed by atoms with Crippen LogP contribution in [0.15, 0.2) is 4.99 Å². The molecule has 0 atom stereocenters. The van der Waals surface area contributed by atoms with Gasteiger partial charge in [0.25, 0.3) is 0 Å². The molecule has 0 aromatic rings. The van der Waals surface area contributed by atoms with Gasteiger partial charge < -0.3 is 15.0 Å². The normalized spacial score (nSPS) is 19.9. The highest BCUT2D eigenvalue weighted by Crippen LogP contribution is 2.46. The number of esters is 1. The summed E-state index contributed by atoms with van der Waals surface area (Å²) in [5, 5.41) is 3.43. The van der Waals surface area contributed by atoms with Gasteiger partial charge in [0.2, 0.25) is 0 Å². The molecule has 0 bridgehead atoms. The Hall–Kier alpha value is -1.26. The third kappa shape index (κ3) is 4.11. The molecule has 122 valence electrons. The molecule has 5 nitrogen and oxygen atoms in total. The molecule has 1 N–H and O–H groups in total. The van der Waals surface area contributed by atoms with Crippen molar-refractivity contribution in [3.05, 3.63) is 0 Å². The number of nitrogens with one attached hydrogen (secondary N) is 1. The molecule has 21 heavy (non-hydrogen) atoms. The summed E-state index contributed by atoms with van der Waals surface area (Å²) in [4.78, 5) is 17.7. The first kappa shape index (κ1) is 17.8. The molecule has 1 fully saturated rings. The van der Waals surface area contributed by atoms with Crippen LogP contribution in [-0.2, 0) is 9.53 Å². The van der Waals surface area contributed by atoms with Crippen molar-refractivity contribution < 1.29 is 9.53 Å². The zero-order valence-electron chi connectivity index (χ0n) is 14.5. The van der Waals surface area contributed by atoms with E-state index in [1.807, 2.05) is 7.05 Å².